The molecule has 27 heavy (non-hydrogen) atoms. The number of hydrogen-bond acceptors (Lipinski definition) is 5. The first-order valence-electron chi connectivity index (χ1n) is 8.69. The predicted molar refractivity (Wildman–Crippen MR) is 100 cm³/mol. The van der Waals surface area contributed by atoms with Crippen LogP contribution >= 0.6 is 0 Å². The van der Waals surface area contributed by atoms with Crippen molar-refractivity contribution in [3.63, 3.8) is 0 Å². The average Bonchev–Trinajstić information content (AvgIpc) is 3.33. The number of carbonyl (C=O) groups excluding carboxylic acids is 1. The van der Waals surface area contributed by atoms with Gasteiger partial charge in [-0.1, -0.05) is 35.5 Å². The van der Waals surface area contributed by atoms with Crippen LogP contribution in [-0.4, -0.2) is 17.7 Å². The standard InChI is InChI=1S/C21H18N2O4/c1-2-25-18-10-6-4-8-16(18)21(24)22-13-15-12-20(27-23-15)19-11-14-7-3-5-9-17(14)26-19/h3-12H,2,13H2,1H3,(H,22,24). The van der Waals surface area contributed by atoms with E-state index in [9.17, 15) is 4.79 Å². The Bertz CT molecular complexity index is 1050. The Morgan fingerprint density at radius 2 is 1.89 bits per heavy atom. The molecule has 0 radical (unpaired) electrons. The zero-order valence-electron chi connectivity index (χ0n) is 14.8. The maximum Gasteiger partial charge on any atom is 0.255 e. The van der Waals surface area contributed by atoms with E-state index in [0.717, 1.165) is 11.0 Å². The number of nitrogens with zero attached hydrogens (tertiary/aromatic N) is 1. The molecule has 0 aliphatic rings. The second-order valence-electron chi connectivity index (χ2n) is 5.94. The molecule has 0 spiro atoms. The second kappa shape index (κ2) is 7.37. The molecule has 4 aromatic rings. The fourth-order valence-corrected chi connectivity index (χ4v) is 2.82. The maximum absolute atomic E-state index is 12.4. The Morgan fingerprint density at radius 3 is 2.74 bits per heavy atom. The minimum Gasteiger partial charge on any atom is -0.493 e. The number of hydrogen-bond donors (Lipinski definition) is 1. The highest BCUT2D eigenvalue weighted by Gasteiger charge is 2.15. The quantitative estimate of drug-likeness (QED) is 0.549. The molecule has 1 N–H and O–H groups in total. The lowest BCUT2D eigenvalue weighted by Crippen LogP contribution is -2.23. The van der Waals surface area contributed by atoms with Gasteiger partial charge >= 0.3 is 0 Å². The summed E-state index contributed by atoms with van der Waals surface area (Å²) in [4.78, 5) is 12.4. The number of ether oxygens (including phenoxy) is 1. The lowest BCUT2D eigenvalue weighted by atomic mass is 10.2. The van der Waals surface area contributed by atoms with Crippen molar-refractivity contribution in [2.45, 2.75) is 13.5 Å². The second-order valence-corrected chi connectivity index (χ2v) is 5.94. The van der Waals surface area contributed by atoms with Crippen molar-refractivity contribution < 1.29 is 18.5 Å². The molecule has 0 aliphatic heterocycles. The van der Waals surface area contributed by atoms with Crippen LogP contribution < -0.4 is 10.1 Å². The van der Waals surface area contributed by atoms with Gasteiger partial charge < -0.3 is 19.0 Å². The molecule has 2 heterocycles. The molecular formula is C21H18N2O4. The number of furan rings is 1. The van der Waals surface area contributed by atoms with E-state index < -0.39 is 0 Å². The van der Waals surface area contributed by atoms with Crippen molar-refractivity contribution in [3.05, 3.63) is 71.9 Å². The lowest BCUT2D eigenvalue weighted by molar-refractivity contribution is 0.0946. The molecular weight excluding hydrogens is 344 g/mol. The van der Waals surface area contributed by atoms with Crippen molar-refractivity contribution in [3.8, 4) is 17.3 Å². The Kier molecular flexibility index (Phi) is 4.61. The average molecular weight is 362 g/mol. The molecule has 4 rings (SSSR count). The van der Waals surface area contributed by atoms with Crippen LogP contribution in [0.5, 0.6) is 5.75 Å². The van der Waals surface area contributed by atoms with Crippen molar-refractivity contribution in [2.75, 3.05) is 6.61 Å². The zero-order chi connectivity index (χ0) is 18.6. The fourth-order valence-electron chi connectivity index (χ4n) is 2.82. The van der Waals surface area contributed by atoms with Gasteiger partial charge in [0, 0.05) is 11.5 Å². The van der Waals surface area contributed by atoms with Gasteiger partial charge in [0.25, 0.3) is 5.91 Å². The number of fused-ring (bicyclic) bond motifs is 1. The van der Waals surface area contributed by atoms with Gasteiger partial charge in [-0.15, -0.1) is 0 Å². The van der Waals surface area contributed by atoms with Gasteiger partial charge in [0.1, 0.15) is 17.0 Å². The highest BCUT2D eigenvalue weighted by Crippen LogP contribution is 2.28. The minimum atomic E-state index is -0.229. The van der Waals surface area contributed by atoms with E-state index >= 15 is 0 Å². The van der Waals surface area contributed by atoms with E-state index in [-0.39, 0.29) is 12.5 Å². The number of carbonyl (C=O) groups is 1. The Labute approximate surface area is 155 Å². The summed E-state index contributed by atoms with van der Waals surface area (Å²) in [6.07, 6.45) is 0. The molecule has 0 saturated carbocycles. The number of aromatic nitrogens is 1. The summed E-state index contributed by atoms with van der Waals surface area (Å²) >= 11 is 0. The smallest absolute Gasteiger partial charge is 0.255 e. The molecule has 6 nitrogen and oxygen atoms in total. The normalized spacial score (nSPS) is 10.9. The van der Waals surface area contributed by atoms with Gasteiger partial charge in [-0.2, -0.15) is 0 Å². The molecule has 0 bridgehead atoms. The number of benzene rings is 2. The van der Waals surface area contributed by atoms with Crippen LogP contribution in [0.4, 0.5) is 0 Å². The van der Waals surface area contributed by atoms with Crippen LogP contribution in [0.2, 0.25) is 0 Å². The number of rotatable bonds is 6. The fraction of sp³-hybridized carbons (Fsp3) is 0.143. The van der Waals surface area contributed by atoms with Crippen molar-refractivity contribution >= 4 is 16.9 Å². The van der Waals surface area contributed by atoms with E-state index in [1.54, 1.807) is 24.3 Å². The summed E-state index contributed by atoms with van der Waals surface area (Å²) < 4.78 is 16.6. The highest BCUT2D eigenvalue weighted by molar-refractivity contribution is 5.96. The third-order valence-electron chi connectivity index (χ3n) is 4.09. The summed E-state index contributed by atoms with van der Waals surface area (Å²) in [6.45, 7) is 2.61. The van der Waals surface area contributed by atoms with Gasteiger partial charge in [0.2, 0.25) is 5.76 Å². The van der Waals surface area contributed by atoms with Crippen LogP contribution in [0.1, 0.15) is 23.0 Å². The first kappa shape index (κ1) is 16.9. The van der Waals surface area contributed by atoms with E-state index in [0.29, 0.717) is 35.1 Å². The molecule has 0 fully saturated rings. The predicted octanol–water partition coefficient (Wildman–Crippen LogP) is 4.42. The van der Waals surface area contributed by atoms with Crippen LogP contribution in [0, 0.1) is 0 Å². The first-order chi connectivity index (χ1) is 13.2. The van der Waals surface area contributed by atoms with Crippen molar-refractivity contribution in [1.29, 1.82) is 0 Å². The number of amides is 1. The SMILES string of the molecule is CCOc1ccccc1C(=O)NCc1cc(-c2cc3ccccc3o2)on1. The largest absolute Gasteiger partial charge is 0.493 e. The number of nitrogens with one attached hydrogen (secondary N) is 1. The molecule has 2 aromatic carbocycles. The first-order valence-corrected chi connectivity index (χ1v) is 8.69. The van der Waals surface area contributed by atoms with Gasteiger partial charge in [0.05, 0.1) is 18.7 Å². The summed E-state index contributed by atoms with van der Waals surface area (Å²) in [5, 5.41) is 7.83. The topological polar surface area (TPSA) is 77.5 Å². The van der Waals surface area contributed by atoms with Crippen LogP contribution in [-0.2, 0) is 6.54 Å². The molecule has 1 amide bonds. The van der Waals surface area contributed by atoms with Crippen LogP contribution in [0.25, 0.3) is 22.5 Å². The summed E-state index contributed by atoms with van der Waals surface area (Å²) in [5.41, 5.74) is 1.87. The lowest BCUT2D eigenvalue weighted by Gasteiger charge is -2.09. The van der Waals surface area contributed by atoms with Gasteiger partial charge in [-0.25, -0.2) is 0 Å². The molecule has 6 heteroatoms. The minimum absolute atomic E-state index is 0.229. The molecule has 2 aromatic heterocycles. The summed E-state index contributed by atoms with van der Waals surface area (Å²) in [6, 6.07) is 18.5. The van der Waals surface area contributed by atoms with Gasteiger partial charge in [-0.05, 0) is 31.2 Å². The van der Waals surface area contributed by atoms with E-state index in [1.807, 2.05) is 43.3 Å². The zero-order valence-corrected chi connectivity index (χ0v) is 14.8. The van der Waals surface area contributed by atoms with Crippen LogP contribution in [0.15, 0.2) is 69.6 Å². The van der Waals surface area contributed by atoms with Crippen LogP contribution in [0.3, 0.4) is 0 Å². The third kappa shape index (κ3) is 3.55. The molecule has 0 saturated heterocycles. The van der Waals surface area contributed by atoms with Crippen molar-refractivity contribution in [2.24, 2.45) is 0 Å². The summed E-state index contributed by atoms with van der Waals surface area (Å²) in [5.74, 6) is 1.45. The summed E-state index contributed by atoms with van der Waals surface area (Å²) in [7, 11) is 0. The highest BCUT2D eigenvalue weighted by atomic mass is 16.5. The molecule has 0 atom stereocenters. The molecule has 0 aliphatic carbocycles. The van der Waals surface area contributed by atoms with Gasteiger partial charge in [-0.3, -0.25) is 4.79 Å². The third-order valence-corrected chi connectivity index (χ3v) is 4.09. The number of para-hydroxylation sites is 2. The Morgan fingerprint density at radius 1 is 1.07 bits per heavy atom. The maximum atomic E-state index is 12.4. The molecule has 136 valence electrons. The monoisotopic (exact) mass is 362 g/mol. The molecule has 0 unspecified atom stereocenters. The van der Waals surface area contributed by atoms with Gasteiger partial charge in [0.15, 0.2) is 5.76 Å². The van der Waals surface area contributed by atoms with Crippen molar-refractivity contribution in [1.82, 2.24) is 10.5 Å². The van der Waals surface area contributed by atoms with E-state index in [4.69, 9.17) is 13.7 Å². The van der Waals surface area contributed by atoms with E-state index in [2.05, 4.69) is 10.5 Å². The van der Waals surface area contributed by atoms with E-state index in [1.165, 1.54) is 0 Å². The Hall–Kier alpha value is -3.54. The Balaban J connectivity index is 1.46.